The van der Waals surface area contributed by atoms with E-state index in [4.69, 9.17) is 0 Å². The van der Waals surface area contributed by atoms with Crippen LogP contribution in [0.5, 0.6) is 0 Å². The summed E-state index contributed by atoms with van der Waals surface area (Å²) in [6.07, 6.45) is 9.28. The second-order valence-corrected chi connectivity index (χ2v) is 4.17. The average Bonchev–Trinajstić information content (AvgIpc) is 2.26. The molecule has 0 heterocycles. The minimum Gasteiger partial charge on any atom is -0.0856 e. The van der Waals surface area contributed by atoms with Crippen LogP contribution in [-0.4, -0.2) is 0 Å². The molecular weight excluding hydrogens is 144 g/mol. The average molecular weight is 166 g/mol. The Balaban J connectivity index is 2.57. The van der Waals surface area contributed by atoms with Crippen LogP contribution in [0.1, 0.15) is 52.9 Å². The van der Waals surface area contributed by atoms with Gasteiger partial charge in [0.05, 0.1) is 0 Å². The van der Waals surface area contributed by atoms with Crippen LogP contribution in [0.3, 0.4) is 0 Å². The standard InChI is InChI=1S/C12H22/c1-4-11-8-6-7-10(3)9-12(11)5-2/h7,11-12H,4-6,8-9H2,1-3H3. The molecule has 70 valence electrons. The summed E-state index contributed by atoms with van der Waals surface area (Å²) >= 11 is 0. The van der Waals surface area contributed by atoms with E-state index in [2.05, 4.69) is 26.8 Å². The Morgan fingerprint density at radius 1 is 1.25 bits per heavy atom. The zero-order valence-corrected chi connectivity index (χ0v) is 8.77. The molecule has 0 saturated heterocycles. The van der Waals surface area contributed by atoms with Gasteiger partial charge in [-0.05, 0) is 38.0 Å². The summed E-state index contributed by atoms with van der Waals surface area (Å²) in [5, 5.41) is 0. The molecule has 0 bridgehead atoms. The van der Waals surface area contributed by atoms with Gasteiger partial charge in [-0.3, -0.25) is 0 Å². The van der Waals surface area contributed by atoms with Crippen molar-refractivity contribution in [1.82, 2.24) is 0 Å². The molecule has 0 radical (unpaired) electrons. The maximum atomic E-state index is 2.44. The predicted octanol–water partition coefficient (Wildman–Crippen LogP) is 4.17. The molecule has 2 atom stereocenters. The van der Waals surface area contributed by atoms with Crippen LogP contribution in [0.15, 0.2) is 11.6 Å². The first-order chi connectivity index (χ1) is 5.77. The molecule has 0 fully saturated rings. The van der Waals surface area contributed by atoms with Gasteiger partial charge in [0.1, 0.15) is 0 Å². The van der Waals surface area contributed by atoms with Gasteiger partial charge in [0.2, 0.25) is 0 Å². The van der Waals surface area contributed by atoms with E-state index in [0.717, 1.165) is 11.8 Å². The Morgan fingerprint density at radius 3 is 2.50 bits per heavy atom. The highest BCUT2D eigenvalue weighted by atomic mass is 14.2. The molecule has 0 aromatic carbocycles. The minimum atomic E-state index is 0.966. The van der Waals surface area contributed by atoms with E-state index < -0.39 is 0 Å². The van der Waals surface area contributed by atoms with Gasteiger partial charge in [0, 0.05) is 0 Å². The molecule has 0 saturated carbocycles. The van der Waals surface area contributed by atoms with Gasteiger partial charge < -0.3 is 0 Å². The van der Waals surface area contributed by atoms with E-state index in [1.807, 2.05) is 0 Å². The van der Waals surface area contributed by atoms with Gasteiger partial charge in [-0.2, -0.15) is 0 Å². The Bertz CT molecular complexity index is 155. The van der Waals surface area contributed by atoms with Gasteiger partial charge in [-0.15, -0.1) is 0 Å². The maximum Gasteiger partial charge on any atom is -0.0292 e. The van der Waals surface area contributed by atoms with Crippen LogP contribution >= 0.6 is 0 Å². The third kappa shape index (κ3) is 2.36. The minimum absolute atomic E-state index is 0.966. The van der Waals surface area contributed by atoms with Crippen molar-refractivity contribution in [2.24, 2.45) is 11.8 Å². The van der Waals surface area contributed by atoms with Crippen molar-refractivity contribution < 1.29 is 0 Å². The number of allylic oxidation sites excluding steroid dienone is 2. The van der Waals surface area contributed by atoms with Gasteiger partial charge in [0.15, 0.2) is 0 Å². The normalized spacial score (nSPS) is 31.1. The van der Waals surface area contributed by atoms with Crippen molar-refractivity contribution in [2.45, 2.75) is 52.9 Å². The fourth-order valence-corrected chi connectivity index (χ4v) is 2.46. The van der Waals surface area contributed by atoms with Gasteiger partial charge >= 0.3 is 0 Å². The van der Waals surface area contributed by atoms with Crippen LogP contribution < -0.4 is 0 Å². The SMILES string of the molecule is CCC1CCC=C(C)CC1CC. The molecule has 0 aromatic rings. The first-order valence-corrected chi connectivity index (χ1v) is 5.43. The quantitative estimate of drug-likeness (QED) is 0.540. The third-order valence-corrected chi connectivity index (χ3v) is 3.33. The Kier molecular flexibility index (Phi) is 3.84. The van der Waals surface area contributed by atoms with Gasteiger partial charge in [-0.25, -0.2) is 0 Å². The van der Waals surface area contributed by atoms with Crippen molar-refractivity contribution in [3.8, 4) is 0 Å². The summed E-state index contributed by atoms with van der Waals surface area (Å²) in [4.78, 5) is 0. The smallest absolute Gasteiger partial charge is 0.0292 e. The highest BCUT2D eigenvalue weighted by Crippen LogP contribution is 2.32. The van der Waals surface area contributed by atoms with Crippen molar-refractivity contribution in [3.63, 3.8) is 0 Å². The Labute approximate surface area is 77.1 Å². The Hall–Kier alpha value is -0.260. The molecule has 1 aliphatic carbocycles. The van der Waals surface area contributed by atoms with Crippen molar-refractivity contribution in [1.29, 1.82) is 0 Å². The third-order valence-electron chi connectivity index (χ3n) is 3.33. The van der Waals surface area contributed by atoms with Crippen molar-refractivity contribution in [2.75, 3.05) is 0 Å². The zero-order valence-electron chi connectivity index (χ0n) is 8.77. The molecule has 0 nitrogen and oxygen atoms in total. The van der Waals surface area contributed by atoms with E-state index >= 15 is 0 Å². The van der Waals surface area contributed by atoms with E-state index in [9.17, 15) is 0 Å². The molecule has 0 aliphatic heterocycles. The number of hydrogen-bond acceptors (Lipinski definition) is 0. The molecule has 1 aliphatic rings. The second-order valence-electron chi connectivity index (χ2n) is 4.17. The highest BCUT2D eigenvalue weighted by Gasteiger charge is 2.19. The lowest BCUT2D eigenvalue weighted by Crippen LogP contribution is -2.12. The van der Waals surface area contributed by atoms with Crippen LogP contribution in [0.4, 0.5) is 0 Å². The summed E-state index contributed by atoms with van der Waals surface area (Å²) in [5.74, 6) is 1.96. The first kappa shape index (κ1) is 9.83. The van der Waals surface area contributed by atoms with Gasteiger partial charge in [0.25, 0.3) is 0 Å². The molecule has 0 spiro atoms. The maximum absolute atomic E-state index is 2.44. The lowest BCUT2D eigenvalue weighted by Gasteiger charge is -2.22. The monoisotopic (exact) mass is 166 g/mol. The number of rotatable bonds is 2. The van der Waals surface area contributed by atoms with E-state index in [0.29, 0.717) is 0 Å². The van der Waals surface area contributed by atoms with Crippen LogP contribution in [0.25, 0.3) is 0 Å². The molecule has 12 heavy (non-hydrogen) atoms. The second kappa shape index (κ2) is 4.69. The molecule has 0 heteroatoms. The summed E-state index contributed by atoms with van der Waals surface area (Å²) in [5.41, 5.74) is 1.62. The zero-order chi connectivity index (χ0) is 8.97. The Morgan fingerprint density at radius 2 is 1.92 bits per heavy atom. The molecule has 1 rings (SSSR count). The van der Waals surface area contributed by atoms with E-state index in [-0.39, 0.29) is 0 Å². The highest BCUT2D eigenvalue weighted by molar-refractivity contribution is 5.02. The summed E-state index contributed by atoms with van der Waals surface area (Å²) in [7, 11) is 0. The van der Waals surface area contributed by atoms with Crippen LogP contribution in [0, 0.1) is 11.8 Å². The lowest BCUT2D eigenvalue weighted by atomic mass is 9.83. The summed E-state index contributed by atoms with van der Waals surface area (Å²) in [6, 6.07) is 0. The van der Waals surface area contributed by atoms with Crippen molar-refractivity contribution in [3.05, 3.63) is 11.6 Å². The van der Waals surface area contributed by atoms with Crippen LogP contribution in [0.2, 0.25) is 0 Å². The fraction of sp³-hybridized carbons (Fsp3) is 0.833. The van der Waals surface area contributed by atoms with Crippen molar-refractivity contribution >= 4 is 0 Å². The molecule has 0 amide bonds. The summed E-state index contributed by atoms with van der Waals surface area (Å²) < 4.78 is 0. The molecular formula is C12H22. The molecule has 0 aromatic heterocycles. The van der Waals surface area contributed by atoms with E-state index in [1.165, 1.54) is 32.1 Å². The molecule has 0 N–H and O–H groups in total. The van der Waals surface area contributed by atoms with E-state index in [1.54, 1.807) is 5.57 Å². The predicted molar refractivity (Wildman–Crippen MR) is 55.2 cm³/mol. The summed E-state index contributed by atoms with van der Waals surface area (Å²) in [6.45, 7) is 6.97. The first-order valence-electron chi connectivity index (χ1n) is 5.43. The lowest BCUT2D eigenvalue weighted by molar-refractivity contribution is 0.301. The largest absolute Gasteiger partial charge is 0.0856 e. The topological polar surface area (TPSA) is 0 Å². The molecule has 2 unspecified atom stereocenters. The van der Waals surface area contributed by atoms with Gasteiger partial charge in [-0.1, -0.05) is 38.3 Å². The fourth-order valence-electron chi connectivity index (χ4n) is 2.46. The number of hydrogen-bond donors (Lipinski definition) is 0. The van der Waals surface area contributed by atoms with Crippen LogP contribution in [-0.2, 0) is 0 Å².